The van der Waals surface area contributed by atoms with Crippen molar-refractivity contribution >= 4 is 5.91 Å². The van der Waals surface area contributed by atoms with E-state index in [4.69, 9.17) is 4.74 Å². The van der Waals surface area contributed by atoms with Crippen molar-refractivity contribution in [1.82, 2.24) is 5.32 Å². The molecule has 0 spiro atoms. The zero-order chi connectivity index (χ0) is 9.03. The molecule has 1 N–H and O–H groups in total. The van der Waals surface area contributed by atoms with Crippen LogP contribution in [0.2, 0.25) is 0 Å². The third-order valence-electron chi connectivity index (χ3n) is 2.15. The number of nitrogens with one attached hydrogen (secondary N) is 1. The lowest BCUT2D eigenvalue weighted by Gasteiger charge is -2.19. The summed E-state index contributed by atoms with van der Waals surface area (Å²) in [4.78, 5) is 11.4. The Morgan fingerprint density at radius 2 is 2.50 bits per heavy atom. The molecule has 0 aromatic heterocycles. The molecular formula is C8H14FNO2. The Morgan fingerprint density at radius 3 is 3.00 bits per heavy atom. The fourth-order valence-electron chi connectivity index (χ4n) is 1.22. The second-order valence-electron chi connectivity index (χ2n) is 3.31. The predicted molar refractivity (Wildman–Crippen MR) is 42.5 cm³/mol. The van der Waals surface area contributed by atoms with E-state index in [-0.39, 0.29) is 12.5 Å². The molecule has 0 aromatic carbocycles. The molecule has 1 atom stereocenters. The predicted octanol–water partition coefficient (Wildman–Crippen LogP) is 0.499. The van der Waals surface area contributed by atoms with E-state index in [2.05, 4.69) is 5.32 Å². The van der Waals surface area contributed by atoms with Gasteiger partial charge in [-0.25, -0.2) is 4.39 Å². The first kappa shape index (κ1) is 9.45. The zero-order valence-electron chi connectivity index (χ0n) is 7.23. The molecule has 3 nitrogen and oxygen atoms in total. The van der Waals surface area contributed by atoms with E-state index >= 15 is 0 Å². The number of hydrogen-bond acceptors (Lipinski definition) is 2. The summed E-state index contributed by atoms with van der Waals surface area (Å²) in [5.41, 5.74) is -0.435. The highest BCUT2D eigenvalue weighted by Gasteiger charge is 2.36. The Bertz CT molecular complexity index is 166. The molecule has 0 bridgehead atoms. The summed E-state index contributed by atoms with van der Waals surface area (Å²) in [7, 11) is 0. The zero-order valence-corrected chi connectivity index (χ0v) is 7.23. The minimum Gasteiger partial charge on any atom is -0.380 e. The highest BCUT2D eigenvalue weighted by atomic mass is 19.1. The first-order chi connectivity index (χ1) is 5.69. The first-order valence-corrected chi connectivity index (χ1v) is 4.11. The lowest BCUT2D eigenvalue weighted by atomic mass is 9.89. The van der Waals surface area contributed by atoms with Crippen LogP contribution in [0.3, 0.4) is 0 Å². The van der Waals surface area contributed by atoms with Gasteiger partial charge >= 0.3 is 0 Å². The lowest BCUT2D eigenvalue weighted by molar-refractivity contribution is -0.130. The van der Waals surface area contributed by atoms with E-state index in [9.17, 15) is 9.18 Å². The van der Waals surface area contributed by atoms with E-state index in [1.807, 2.05) is 6.92 Å². The Balaban J connectivity index is 2.39. The van der Waals surface area contributed by atoms with Gasteiger partial charge in [0.05, 0.1) is 12.0 Å². The molecule has 1 rings (SSSR count). The molecule has 4 heteroatoms. The number of alkyl halides is 1. The topological polar surface area (TPSA) is 38.3 Å². The van der Waals surface area contributed by atoms with Gasteiger partial charge in [-0.15, -0.1) is 0 Å². The van der Waals surface area contributed by atoms with Crippen LogP contribution in [-0.4, -0.2) is 32.3 Å². The normalized spacial score (nSPS) is 28.8. The fourth-order valence-corrected chi connectivity index (χ4v) is 1.22. The summed E-state index contributed by atoms with van der Waals surface area (Å²) in [6.07, 6.45) is 0.727. The van der Waals surface area contributed by atoms with Crippen molar-refractivity contribution in [1.29, 1.82) is 0 Å². The largest absolute Gasteiger partial charge is 0.380 e. The van der Waals surface area contributed by atoms with Crippen LogP contribution in [0.5, 0.6) is 0 Å². The SMILES string of the molecule is CC1(C(=O)NCCF)CCOC1. The maximum absolute atomic E-state index is 11.7. The Hall–Kier alpha value is -0.640. The maximum atomic E-state index is 11.7. The van der Waals surface area contributed by atoms with E-state index in [0.29, 0.717) is 13.2 Å². The van der Waals surface area contributed by atoms with Crippen molar-refractivity contribution in [2.45, 2.75) is 13.3 Å². The van der Waals surface area contributed by atoms with E-state index in [1.165, 1.54) is 0 Å². The van der Waals surface area contributed by atoms with Crippen molar-refractivity contribution in [3.63, 3.8) is 0 Å². The molecule has 1 unspecified atom stereocenters. The molecule has 0 aromatic rings. The highest BCUT2D eigenvalue weighted by molar-refractivity contribution is 5.82. The van der Waals surface area contributed by atoms with Crippen LogP contribution in [0.1, 0.15) is 13.3 Å². The average Bonchev–Trinajstić information content (AvgIpc) is 2.49. The number of amides is 1. The van der Waals surface area contributed by atoms with Gasteiger partial charge in [0.25, 0.3) is 0 Å². The molecule has 1 heterocycles. The Morgan fingerprint density at radius 1 is 1.75 bits per heavy atom. The number of carbonyl (C=O) groups excluding carboxylic acids is 1. The van der Waals surface area contributed by atoms with Crippen LogP contribution in [0.4, 0.5) is 4.39 Å². The second kappa shape index (κ2) is 3.85. The van der Waals surface area contributed by atoms with Gasteiger partial charge in [0.2, 0.25) is 5.91 Å². The van der Waals surface area contributed by atoms with Crippen molar-refractivity contribution in [3.8, 4) is 0 Å². The third kappa shape index (κ3) is 1.94. The number of rotatable bonds is 3. The first-order valence-electron chi connectivity index (χ1n) is 4.11. The summed E-state index contributed by atoms with van der Waals surface area (Å²) < 4.78 is 16.8. The molecule has 0 aliphatic carbocycles. The van der Waals surface area contributed by atoms with Crippen LogP contribution >= 0.6 is 0 Å². The van der Waals surface area contributed by atoms with Gasteiger partial charge in [-0.2, -0.15) is 0 Å². The fraction of sp³-hybridized carbons (Fsp3) is 0.875. The number of hydrogen-bond donors (Lipinski definition) is 1. The van der Waals surface area contributed by atoms with Gasteiger partial charge in [0.15, 0.2) is 0 Å². The maximum Gasteiger partial charge on any atom is 0.228 e. The van der Waals surface area contributed by atoms with Gasteiger partial charge < -0.3 is 10.1 Å². The highest BCUT2D eigenvalue weighted by Crippen LogP contribution is 2.27. The summed E-state index contributed by atoms with van der Waals surface area (Å²) >= 11 is 0. The molecule has 0 saturated carbocycles. The second-order valence-corrected chi connectivity index (χ2v) is 3.31. The van der Waals surface area contributed by atoms with Gasteiger partial charge in [-0.1, -0.05) is 0 Å². The van der Waals surface area contributed by atoms with Crippen LogP contribution in [0.15, 0.2) is 0 Å². The van der Waals surface area contributed by atoms with Gasteiger partial charge in [-0.05, 0) is 13.3 Å². The molecule has 70 valence electrons. The smallest absolute Gasteiger partial charge is 0.228 e. The quantitative estimate of drug-likeness (QED) is 0.678. The summed E-state index contributed by atoms with van der Waals surface area (Å²) in [6.45, 7) is 2.51. The van der Waals surface area contributed by atoms with E-state index in [0.717, 1.165) is 6.42 Å². The van der Waals surface area contributed by atoms with Crippen LogP contribution in [0.25, 0.3) is 0 Å². The summed E-state index contributed by atoms with van der Waals surface area (Å²) in [6, 6.07) is 0. The summed E-state index contributed by atoms with van der Waals surface area (Å²) in [5, 5.41) is 2.52. The number of carbonyl (C=O) groups is 1. The number of halogens is 1. The van der Waals surface area contributed by atoms with Crippen LogP contribution in [0, 0.1) is 5.41 Å². The van der Waals surface area contributed by atoms with Gasteiger partial charge in [0.1, 0.15) is 6.67 Å². The average molecular weight is 175 g/mol. The van der Waals surface area contributed by atoms with Crippen molar-refractivity contribution in [2.24, 2.45) is 5.41 Å². The minimum atomic E-state index is -0.511. The van der Waals surface area contributed by atoms with Gasteiger partial charge in [-0.3, -0.25) is 4.79 Å². The Labute approximate surface area is 71.3 Å². The molecular weight excluding hydrogens is 161 g/mol. The van der Waals surface area contributed by atoms with Crippen LogP contribution in [-0.2, 0) is 9.53 Å². The van der Waals surface area contributed by atoms with Crippen molar-refractivity contribution < 1.29 is 13.9 Å². The number of ether oxygens (including phenoxy) is 1. The van der Waals surface area contributed by atoms with Gasteiger partial charge in [0, 0.05) is 13.2 Å². The van der Waals surface area contributed by atoms with Crippen LogP contribution < -0.4 is 5.32 Å². The Kier molecular flexibility index (Phi) is 3.03. The van der Waals surface area contributed by atoms with Crippen molar-refractivity contribution in [2.75, 3.05) is 26.4 Å². The molecule has 1 saturated heterocycles. The molecule has 1 fully saturated rings. The molecule has 1 aliphatic heterocycles. The summed E-state index contributed by atoms with van der Waals surface area (Å²) in [5.74, 6) is -0.0994. The van der Waals surface area contributed by atoms with E-state index in [1.54, 1.807) is 0 Å². The minimum absolute atomic E-state index is 0.0994. The lowest BCUT2D eigenvalue weighted by Crippen LogP contribution is -2.40. The standard InChI is InChI=1S/C8H14FNO2/c1-8(2-5-12-6-8)7(11)10-4-3-9/h2-6H2,1H3,(H,10,11). The molecule has 12 heavy (non-hydrogen) atoms. The monoisotopic (exact) mass is 175 g/mol. The molecule has 0 radical (unpaired) electrons. The molecule has 1 amide bonds. The van der Waals surface area contributed by atoms with Crippen molar-refractivity contribution in [3.05, 3.63) is 0 Å². The third-order valence-corrected chi connectivity index (χ3v) is 2.15. The molecule has 1 aliphatic rings. The van der Waals surface area contributed by atoms with E-state index < -0.39 is 12.1 Å².